The van der Waals surface area contributed by atoms with Crippen LogP contribution in [-0.4, -0.2) is 31.2 Å². The number of nitrogens with one attached hydrogen (secondary N) is 3. The van der Waals surface area contributed by atoms with Crippen LogP contribution in [0.15, 0.2) is 48.5 Å². The van der Waals surface area contributed by atoms with Crippen molar-refractivity contribution in [1.82, 2.24) is 18.7 Å². The topological polar surface area (TPSA) is 105 Å². The Kier molecular flexibility index (Phi) is 5.30. The van der Waals surface area contributed by atoms with E-state index in [-0.39, 0.29) is 5.91 Å². The number of aromatic nitrogens is 4. The monoisotopic (exact) mass is 405 g/mol. The van der Waals surface area contributed by atoms with Gasteiger partial charge in [-0.3, -0.25) is 4.79 Å². The fraction of sp³-hybridized carbons (Fsp3) is 0.150. The summed E-state index contributed by atoms with van der Waals surface area (Å²) >= 11 is 1.13. The number of carbonyl (C=O) groups is 1. The number of amides is 1. The smallest absolute Gasteiger partial charge is 0.255 e. The predicted molar refractivity (Wildman–Crippen MR) is 116 cm³/mol. The predicted octanol–water partition coefficient (Wildman–Crippen LogP) is 4.22. The third kappa shape index (κ3) is 4.46. The minimum Gasteiger partial charge on any atom is -0.354 e. The summed E-state index contributed by atoms with van der Waals surface area (Å²) in [7, 11) is 0. The van der Waals surface area contributed by atoms with Gasteiger partial charge in [-0.2, -0.15) is 13.7 Å². The fourth-order valence-corrected chi connectivity index (χ4v) is 3.30. The molecule has 3 N–H and O–H groups in total. The second kappa shape index (κ2) is 8.19. The van der Waals surface area contributed by atoms with Crippen LogP contribution in [-0.2, 0) is 0 Å². The minimum atomic E-state index is -0.192. The van der Waals surface area contributed by atoms with E-state index in [1.54, 1.807) is 18.2 Å². The van der Waals surface area contributed by atoms with Crippen molar-refractivity contribution in [2.45, 2.75) is 13.8 Å². The fourth-order valence-electron chi connectivity index (χ4n) is 2.78. The third-order valence-electron chi connectivity index (χ3n) is 4.12. The Morgan fingerprint density at radius 1 is 0.966 bits per heavy atom. The van der Waals surface area contributed by atoms with Gasteiger partial charge in [0.2, 0.25) is 5.95 Å². The maximum atomic E-state index is 12.5. The summed E-state index contributed by atoms with van der Waals surface area (Å²) in [6, 6.07) is 14.6. The van der Waals surface area contributed by atoms with Gasteiger partial charge in [-0.25, -0.2) is 4.98 Å². The van der Waals surface area contributed by atoms with Gasteiger partial charge in [-0.15, -0.1) is 0 Å². The van der Waals surface area contributed by atoms with E-state index < -0.39 is 0 Å². The van der Waals surface area contributed by atoms with Crippen LogP contribution in [0.5, 0.6) is 0 Å². The van der Waals surface area contributed by atoms with Gasteiger partial charge in [-0.05, 0) is 56.3 Å². The summed E-state index contributed by atoms with van der Waals surface area (Å²) in [4.78, 5) is 21.3. The number of anilines is 4. The number of fused-ring (bicyclic) bond motifs is 1. The van der Waals surface area contributed by atoms with Crippen LogP contribution >= 0.6 is 11.7 Å². The van der Waals surface area contributed by atoms with Crippen molar-refractivity contribution < 1.29 is 4.79 Å². The van der Waals surface area contributed by atoms with Gasteiger partial charge < -0.3 is 16.0 Å². The Balaban J connectivity index is 1.44. The first-order valence-corrected chi connectivity index (χ1v) is 9.84. The number of nitrogens with zero attached hydrogens (tertiary/aromatic N) is 4. The van der Waals surface area contributed by atoms with E-state index in [0.29, 0.717) is 23.0 Å². The number of carbonyl (C=O) groups excluding carboxylic acids is 1. The number of hydrogen-bond acceptors (Lipinski definition) is 8. The van der Waals surface area contributed by atoms with Gasteiger partial charge in [-0.1, -0.05) is 0 Å². The Morgan fingerprint density at radius 2 is 1.72 bits per heavy atom. The molecule has 1 amide bonds. The molecule has 4 rings (SSSR count). The van der Waals surface area contributed by atoms with Crippen LogP contribution in [0.4, 0.5) is 23.1 Å². The lowest BCUT2D eigenvalue weighted by molar-refractivity contribution is 0.102. The summed E-state index contributed by atoms with van der Waals surface area (Å²) in [5.74, 6) is 1.10. The molecule has 0 spiro atoms. The summed E-state index contributed by atoms with van der Waals surface area (Å²) in [6.45, 7) is 4.67. The van der Waals surface area contributed by atoms with E-state index in [0.717, 1.165) is 40.7 Å². The van der Waals surface area contributed by atoms with E-state index in [1.807, 2.05) is 44.2 Å². The van der Waals surface area contributed by atoms with Gasteiger partial charge in [0.1, 0.15) is 16.9 Å². The summed E-state index contributed by atoms with van der Waals surface area (Å²) in [6.07, 6.45) is 0. The standard InChI is InChI=1S/C20H19N7OS/c1-3-21-20-22-12(2)10-18(25-20)23-14-5-7-15(8-6-14)24-19(28)13-4-9-16-17(11-13)27-29-26-16/h4-11H,3H2,1-2H3,(H,24,28)(H2,21,22,23,25). The van der Waals surface area contributed by atoms with Crippen LogP contribution in [0.2, 0.25) is 0 Å². The average molecular weight is 405 g/mol. The molecule has 0 aliphatic carbocycles. The molecule has 9 heteroatoms. The van der Waals surface area contributed by atoms with E-state index in [2.05, 4.69) is 34.7 Å². The van der Waals surface area contributed by atoms with E-state index in [4.69, 9.17) is 0 Å². The van der Waals surface area contributed by atoms with Crippen LogP contribution in [0.1, 0.15) is 23.0 Å². The van der Waals surface area contributed by atoms with Gasteiger partial charge >= 0.3 is 0 Å². The normalized spacial score (nSPS) is 10.7. The van der Waals surface area contributed by atoms with Gasteiger partial charge in [0, 0.05) is 35.2 Å². The zero-order valence-corrected chi connectivity index (χ0v) is 16.7. The van der Waals surface area contributed by atoms with Gasteiger partial charge in [0.05, 0.1) is 11.7 Å². The van der Waals surface area contributed by atoms with Crippen LogP contribution < -0.4 is 16.0 Å². The summed E-state index contributed by atoms with van der Waals surface area (Å²) in [5.41, 5.74) is 4.48. The molecule has 2 aromatic heterocycles. The molecule has 0 aliphatic rings. The zero-order chi connectivity index (χ0) is 20.2. The van der Waals surface area contributed by atoms with Crippen molar-refractivity contribution in [1.29, 1.82) is 0 Å². The molecule has 0 saturated carbocycles. The van der Waals surface area contributed by atoms with Crippen molar-refractivity contribution in [2.75, 3.05) is 22.5 Å². The Labute approximate surface area is 171 Å². The molecule has 0 fully saturated rings. The second-order valence-corrected chi connectivity index (χ2v) is 6.90. The molecule has 0 atom stereocenters. The number of aryl methyl sites for hydroxylation is 1. The molecule has 2 heterocycles. The van der Waals surface area contributed by atoms with Crippen molar-refractivity contribution in [2.24, 2.45) is 0 Å². The molecular formula is C20H19N7OS. The summed E-state index contributed by atoms with van der Waals surface area (Å²) < 4.78 is 8.32. The first-order valence-electron chi connectivity index (χ1n) is 9.11. The lowest BCUT2D eigenvalue weighted by Gasteiger charge is -2.10. The lowest BCUT2D eigenvalue weighted by Crippen LogP contribution is -2.11. The highest BCUT2D eigenvalue weighted by molar-refractivity contribution is 7.00. The number of rotatable bonds is 6. The Morgan fingerprint density at radius 3 is 2.52 bits per heavy atom. The summed E-state index contributed by atoms with van der Waals surface area (Å²) in [5, 5.41) is 9.26. The molecule has 0 bridgehead atoms. The van der Waals surface area contributed by atoms with Crippen molar-refractivity contribution in [3.05, 3.63) is 59.8 Å². The number of hydrogen-bond donors (Lipinski definition) is 3. The van der Waals surface area contributed by atoms with Gasteiger partial charge in [0.15, 0.2) is 0 Å². The largest absolute Gasteiger partial charge is 0.354 e. The highest BCUT2D eigenvalue weighted by Crippen LogP contribution is 2.20. The molecule has 0 aliphatic heterocycles. The van der Waals surface area contributed by atoms with E-state index in [9.17, 15) is 4.79 Å². The van der Waals surface area contributed by atoms with E-state index in [1.165, 1.54) is 0 Å². The molecule has 8 nitrogen and oxygen atoms in total. The Hall–Kier alpha value is -3.59. The molecule has 146 valence electrons. The maximum absolute atomic E-state index is 12.5. The zero-order valence-electron chi connectivity index (χ0n) is 15.9. The van der Waals surface area contributed by atoms with E-state index >= 15 is 0 Å². The molecule has 4 aromatic rings. The van der Waals surface area contributed by atoms with Crippen LogP contribution in [0, 0.1) is 6.92 Å². The second-order valence-electron chi connectivity index (χ2n) is 6.37. The van der Waals surface area contributed by atoms with Gasteiger partial charge in [0.25, 0.3) is 5.91 Å². The molecule has 2 aromatic carbocycles. The highest BCUT2D eigenvalue weighted by atomic mass is 32.1. The molecular weight excluding hydrogens is 386 g/mol. The first kappa shape index (κ1) is 18.8. The maximum Gasteiger partial charge on any atom is 0.255 e. The van der Waals surface area contributed by atoms with Crippen LogP contribution in [0.3, 0.4) is 0 Å². The van der Waals surface area contributed by atoms with Crippen molar-refractivity contribution in [3.8, 4) is 0 Å². The molecule has 0 radical (unpaired) electrons. The van der Waals surface area contributed by atoms with Crippen molar-refractivity contribution in [3.63, 3.8) is 0 Å². The first-order chi connectivity index (χ1) is 14.1. The lowest BCUT2D eigenvalue weighted by atomic mass is 10.2. The van der Waals surface area contributed by atoms with Crippen molar-refractivity contribution >= 4 is 51.8 Å². The SMILES string of the molecule is CCNc1nc(C)cc(Nc2ccc(NC(=O)c3ccc4nsnc4c3)cc2)n1. The highest BCUT2D eigenvalue weighted by Gasteiger charge is 2.09. The number of benzene rings is 2. The molecule has 0 saturated heterocycles. The minimum absolute atomic E-state index is 0.192. The Bertz CT molecular complexity index is 1160. The molecule has 29 heavy (non-hydrogen) atoms. The third-order valence-corrected chi connectivity index (χ3v) is 4.68. The molecule has 0 unspecified atom stereocenters. The quantitative estimate of drug-likeness (QED) is 0.441. The average Bonchev–Trinajstić information content (AvgIpc) is 3.17. The van der Waals surface area contributed by atoms with Crippen LogP contribution in [0.25, 0.3) is 11.0 Å².